The SMILES string of the molecule is CN(C)C1(CNC(=O)NC2(C(=O)O)CCOC2)CCCC1. The molecule has 0 spiro atoms. The summed E-state index contributed by atoms with van der Waals surface area (Å²) in [6.45, 7) is 0.908. The minimum Gasteiger partial charge on any atom is -0.479 e. The Balaban J connectivity index is 1.91. The molecule has 0 bridgehead atoms. The van der Waals surface area contributed by atoms with Crippen LogP contribution in [-0.2, 0) is 9.53 Å². The van der Waals surface area contributed by atoms with E-state index in [0.717, 1.165) is 25.7 Å². The van der Waals surface area contributed by atoms with Gasteiger partial charge in [0.05, 0.1) is 6.61 Å². The summed E-state index contributed by atoms with van der Waals surface area (Å²) in [7, 11) is 4.04. The van der Waals surface area contributed by atoms with Gasteiger partial charge in [0.25, 0.3) is 0 Å². The maximum Gasteiger partial charge on any atom is 0.332 e. The number of urea groups is 1. The van der Waals surface area contributed by atoms with Gasteiger partial charge in [-0.25, -0.2) is 9.59 Å². The molecule has 1 aliphatic carbocycles. The molecule has 21 heavy (non-hydrogen) atoms. The lowest BCUT2D eigenvalue weighted by atomic mass is 9.96. The van der Waals surface area contributed by atoms with E-state index in [4.69, 9.17) is 4.74 Å². The highest BCUT2D eigenvalue weighted by Crippen LogP contribution is 2.33. The van der Waals surface area contributed by atoms with Gasteiger partial charge in [-0.2, -0.15) is 0 Å². The molecule has 0 aromatic rings. The zero-order chi connectivity index (χ0) is 15.5. The summed E-state index contributed by atoms with van der Waals surface area (Å²) in [5.41, 5.74) is -1.30. The quantitative estimate of drug-likeness (QED) is 0.684. The molecular formula is C14H25N3O4. The molecule has 1 saturated heterocycles. The summed E-state index contributed by atoms with van der Waals surface area (Å²) in [4.78, 5) is 25.6. The average Bonchev–Trinajstić information content (AvgIpc) is 3.06. The lowest BCUT2D eigenvalue weighted by molar-refractivity contribution is -0.144. The van der Waals surface area contributed by atoms with E-state index in [9.17, 15) is 14.7 Å². The molecule has 2 aliphatic rings. The van der Waals surface area contributed by atoms with Crippen LogP contribution in [0.15, 0.2) is 0 Å². The number of nitrogens with one attached hydrogen (secondary N) is 2. The van der Waals surface area contributed by atoms with Crippen LogP contribution < -0.4 is 10.6 Å². The van der Waals surface area contributed by atoms with E-state index in [0.29, 0.717) is 19.6 Å². The lowest BCUT2D eigenvalue weighted by Gasteiger charge is -2.36. The number of hydrogen-bond donors (Lipinski definition) is 3. The Morgan fingerprint density at radius 2 is 1.90 bits per heavy atom. The number of carboxylic acids is 1. The first-order valence-electron chi connectivity index (χ1n) is 7.45. The van der Waals surface area contributed by atoms with E-state index in [1.165, 1.54) is 0 Å². The first kappa shape index (κ1) is 16.0. The summed E-state index contributed by atoms with van der Waals surface area (Å²) < 4.78 is 5.13. The fourth-order valence-corrected chi connectivity index (χ4v) is 3.21. The Bertz CT molecular complexity index is 399. The molecule has 1 atom stereocenters. The smallest absolute Gasteiger partial charge is 0.332 e. The average molecular weight is 299 g/mol. The molecule has 0 aromatic carbocycles. The molecule has 1 aliphatic heterocycles. The van der Waals surface area contributed by atoms with Crippen LogP contribution in [0.4, 0.5) is 4.79 Å². The van der Waals surface area contributed by atoms with Gasteiger partial charge in [-0.1, -0.05) is 12.8 Å². The number of nitrogens with zero attached hydrogens (tertiary/aromatic N) is 1. The van der Waals surface area contributed by atoms with Crippen molar-refractivity contribution in [2.24, 2.45) is 0 Å². The summed E-state index contributed by atoms with van der Waals surface area (Å²) in [6.07, 6.45) is 4.72. The topological polar surface area (TPSA) is 90.9 Å². The zero-order valence-electron chi connectivity index (χ0n) is 12.8. The Morgan fingerprint density at radius 1 is 1.24 bits per heavy atom. The number of carboxylic acid groups (broad SMARTS) is 1. The van der Waals surface area contributed by atoms with Crippen LogP contribution in [0.5, 0.6) is 0 Å². The van der Waals surface area contributed by atoms with E-state index >= 15 is 0 Å². The third-order valence-corrected chi connectivity index (χ3v) is 4.84. The minimum atomic E-state index is -1.29. The predicted molar refractivity (Wildman–Crippen MR) is 77.2 cm³/mol. The Hall–Kier alpha value is -1.34. The second-order valence-corrected chi connectivity index (χ2v) is 6.32. The molecule has 1 unspecified atom stereocenters. The highest BCUT2D eigenvalue weighted by molar-refractivity contribution is 5.86. The van der Waals surface area contributed by atoms with Crippen molar-refractivity contribution in [2.45, 2.75) is 43.2 Å². The highest BCUT2D eigenvalue weighted by Gasteiger charge is 2.44. The van der Waals surface area contributed by atoms with Crippen LogP contribution in [-0.4, -0.2) is 66.9 Å². The Kier molecular flexibility index (Phi) is 4.73. The van der Waals surface area contributed by atoms with Crippen molar-refractivity contribution in [1.29, 1.82) is 0 Å². The summed E-state index contributed by atoms with van der Waals surface area (Å²) in [5.74, 6) is -1.04. The minimum absolute atomic E-state index is 0.0140. The van der Waals surface area contributed by atoms with Crippen molar-refractivity contribution >= 4 is 12.0 Å². The lowest BCUT2D eigenvalue weighted by Crippen LogP contribution is -2.60. The molecule has 0 aromatic heterocycles. The van der Waals surface area contributed by atoms with Crippen molar-refractivity contribution in [2.75, 3.05) is 33.9 Å². The Labute approximate surface area is 125 Å². The molecule has 1 saturated carbocycles. The van der Waals surface area contributed by atoms with Gasteiger partial charge in [0.15, 0.2) is 5.54 Å². The zero-order valence-corrected chi connectivity index (χ0v) is 12.8. The van der Waals surface area contributed by atoms with Gasteiger partial charge < -0.3 is 25.4 Å². The number of rotatable bonds is 5. The van der Waals surface area contributed by atoms with Gasteiger partial charge in [-0.3, -0.25) is 0 Å². The molecule has 0 radical (unpaired) electrons. The summed E-state index contributed by atoms with van der Waals surface area (Å²) in [5, 5.41) is 14.7. The molecule has 7 heteroatoms. The van der Waals surface area contributed by atoms with Gasteiger partial charge >= 0.3 is 12.0 Å². The van der Waals surface area contributed by atoms with Crippen molar-refractivity contribution < 1.29 is 19.4 Å². The fourth-order valence-electron chi connectivity index (χ4n) is 3.21. The van der Waals surface area contributed by atoms with E-state index in [1.807, 2.05) is 14.1 Å². The standard InChI is InChI=1S/C14H25N3O4/c1-17(2)13(5-3-4-6-13)9-15-12(20)16-14(11(18)19)7-8-21-10-14/h3-10H2,1-2H3,(H,18,19)(H2,15,16,20). The van der Waals surface area contributed by atoms with Crippen LogP contribution in [0.3, 0.4) is 0 Å². The molecule has 2 amide bonds. The second-order valence-electron chi connectivity index (χ2n) is 6.32. The second kappa shape index (κ2) is 6.19. The molecular weight excluding hydrogens is 274 g/mol. The van der Waals surface area contributed by atoms with Crippen LogP contribution >= 0.6 is 0 Å². The highest BCUT2D eigenvalue weighted by atomic mass is 16.5. The van der Waals surface area contributed by atoms with E-state index in [1.54, 1.807) is 0 Å². The monoisotopic (exact) mass is 299 g/mol. The molecule has 120 valence electrons. The van der Waals surface area contributed by atoms with Gasteiger partial charge in [0.1, 0.15) is 0 Å². The number of carbonyl (C=O) groups is 2. The first-order valence-corrected chi connectivity index (χ1v) is 7.45. The largest absolute Gasteiger partial charge is 0.479 e. The molecule has 3 N–H and O–H groups in total. The molecule has 1 heterocycles. The third-order valence-electron chi connectivity index (χ3n) is 4.84. The molecule has 2 fully saturated rings. The first-order chi connectivity index (χ1) is 9.90. The van der Waals surface area contributed by atoms with Crippen LogP contribution in [0.25, 0.3) is 0 Å². The summed E-state index contributed by atoms with van der Waals surface area (Å²) in [6, 6.07) is -0.434. The van der Waals surface area contributed by atoms with Gasteiger partial charge in [0.2, 0.25) is 0 Å². The van der Waals surface area contributed by atoms with Crippen LogP contribution in [0.2, 0.25) is 0 Å². The van der Waals surface area contributed by atoms with Crippen molar-refractivity contribution in [3.63, 3.8) is 0 Å². The molecule has 2 rings (SSSR count). The maximum atomic E-state index is 12.1. The Morgan fingerprint density at radius 3 is 2.38 bits per heavy atom. The maximum absolute atomic E-state index is 12.1. The van der Waals surface area contributed by atoms with E-state index < -0.39 is 17.5 Å². The third kappa shape index (κ3) is 3.29. The van der Waals surface area contributed by atoms with E-state index in [2.05, 4.69) is 15.5 Å². The number of amides is 2. The molecule has 7 nitrogen and oxygen atoms in total. The van der Waals surface area contributed by atoms with Crippen LogP contribution in [0, 0.1) is 0 Å². The van der Waals surface area contributed by atoms with Crippen molar-refractivity contribution in [1.82, 2.24) is 15.5 Å². The fraction of sp³-hybridized carbons (Fsp3) is 0.857. The predicted octanol–water partition coefficient (Wildman–Crippen LogP) is 0.404. The number of carbonyl (C=O) groups excluding carboxylic acids is 1. The van der Waals surface area contributed by atoms with Gasteiger partial charge in [-0.15, -0.1) is 0 Å². The number of ether oxygens (including phenoxy) is 1. The van der Waals surface area contributed by atoms with Crippen molar-refractivity contribution in [3.8, 4) is 0 Å². The van der Waals surface area contributed by atoms with Crippen LogP contribution in [0.1, 0.15) is 32.1 Å². The van der Waals surface area contributed by atoms with Crippen molar-refractivity contribution in [3.05, 3.63) is 0 Å². The number of likely N-dealkylation sites (N-methyl/N-ethyl adjacent to an activating group) is 1. The van der Waals surface area contributed by atoms with Gasteiger partial charge in [0, 0.05) is 25.1 Å². The normalized spacial score (nSPS) is 27.8. The van der Waals surface area contributed by atoms with E-state index in [-0.39, 0.29) is 12.1 Å². The number of aliphatic carboxylic acids is 1. The summed E-state index contributed by atoms with van der Waals surface area (Å²) >= 11 is 0. The number of hydrogen-bond acceptors (Lipinski definition) is 4. The van der Waals surface area contributed by atoms with Gasteiger partial charge in [-0.05, 0) is 26.9 Å².